The second-order valence-corrected chi connectivity index (χ2v) is 9.17. The molecule has 2 heterocycles. The van der Waals surface area contributed by atoms with Gasteiger partial charge in [-0.15, -0.1) is 0 Å². The average Bonchev–Trinajstić information content (AvgIpc) is 3.26. The highest BCUT2D eigenvalue weighted by Crippen LogP contribution is 2.35. The number of unbranched alkanes of at least 4 members (excludes halogenated alkanes) is 1. The van der Waals surface area contributed by atoms with Crippen LogP contribution in [0.2, 0.25) is 5.02 Å². The fourth-order valence-electron chi connectivity index (χ4n) is 3.99. The van der Waals surface area contributed by atoms with Crippen LogP contribution < -0.4 is 0 Å². The van der Waals surface area contributed by atoms with Crippen molar-refractivity contribution in [3.8, 4) is 0 Å². The lowest BCUT2D eigenvalue weighted by molar-refractivity contribution is -0.122. The van der Waals surface area contributed by atoms with E-state index in [-0.39, 0.29) is 23.5 Å². The van der Waals surface area contributed by atoms with Gasteiger partial charge in [-0.2, -0.15) is 0 Å². The van der Waals surface area contributed by atoms with Crippen LogP contribution in [-0.2, 0) is 17.8 Å². The molecule has 0 N–H and O–H groups in total. The third-order valence-corrected chi connectivity index (χ3v) is 6.94. The number of benzene rings is 2. The first-order valence-electron chi connectivity index (χ1n) is 10.7. The van der Waals surface area contributed by atoms with Crippen LogP contribution in [0.5, 0.6) is 0 Å². The van der Waals surface area contributed by atoms with Gasteiger partial charge in [0.25, 0.3) is 11.1 Å². The van der Waals surface area contributed by atoms with E-state index in [1.165, 1.54) is 11.0 Å². The molecule has 0 unspecified atom stereocenters. The predicted octanol–water partition coefficient (Wildman–Crippen LogP) is 6.88. The smallest absolute Gasteiger partial charge is 0.293 e. The second kappa shape index (κ2) is 9.51. The van der Waals surface area contributed by atoms with E-state index in [1.807, 2.05) is 35.9 Å². The Balaban J connectivity index is 1.79. The number of thioether (sulfide) groups is 1. The SMILES string of the molecule is CCCCN1C(=O)S/C(=C\c2cn(Cc3c(F)cccc3Cl)c3c(CC)cccc23)C1=O. The summed E-state index contributed by atoms with van der Waals surface area (Å²) in [7, 11) is 0. The number of halogens is 2. The van der Waals surface area contributed by atoms with Gasteiger partial charge < -0.3 is 4.57 Å². The van der Waals surface area contributed by atoms with Gasteiger partial charge in [-0.05, 0) is 48.4 Å². The zero-order chi connectivity index (χ0) is 22.8. The zero-order valence-corrected chi connectivity index (χ0v) is 19.6. The first kappa shape index (κ1) is 22.6. The fourth-order valence-corrected chi connectivity index (χ4v) is 5.07. The van der Waals surface area contributed by atoms with E-state index < -0.39 is 0 Å². The van der Waals surface area contributed by atoms with Gasteiger partial charge in [-0.3, -0.25) is 14.5 Å². The quantitative estimate of drug-likeness (QED) is 0.353. The number of nitrogens with zero attached hydrogens (tertiary/aromatic N) is 2. The third-order valence-electron chi connectivity index (χ3n) is 5.68. The molecule has 1 aliphatic heterocycles. The molecule has 7 heteroatoms. The molecule has 4 rings (SSSR count). The number of carbonyl (C=O) groups is 2. The molecule has 0 aliphatic carbocycles. The van der Waals surface area contributed by atoms with Gasteiger partial charge in [0.05, 0.1) is 17.0 Å². The Labute approximate surface area is 196 Å². The van der Waals surface area contributed by atoms with Crippen LogP contribution in [0.3, 0.4) is 0 Å². The molecule has 166 valence electrons. The number of aromatic nitrogens is 1. The average molecular weight is 471 g/mol. The summed E-state index contributed by atoms with van der Waals surface area (Å²) < 4.78 is 16.5. The first-order chi connectivity index (χ1) is 15.4. The lowest BCUT2D eigenvalue weighted by Crippen LogP contribution is -2.29. The van der Waals surface area contributed by atoms with Crippen molar-refractivity contribution in [3.63, 3.8) is 0 Å². The first-order valence-corrected chi connectivity index (χ1v) is 11.9. The molecule has 32 heavy (non-hydrogen) atoms. The minimum Gasteiger partial charge on any atom is -0.342 e. The topological polar surface area (TPSA) is 42.3 Å². The van der Waals surface area contributed by atoms with Gasteiger partial charge in [0, 0.05) is 34.3 Å². The number of para-hydroxylation sites is 1. The summed E-state index contributed by atoms with van der Waals surface area (Å²) in [6.45, 7) is 4.80. The highest BCUT2D eigenvalue weighted by molar-refractivity contribution is 8.18. The summed E-state index contributed by atoms with van der Waals surface area (Å²) in [5.74, 6) is -0.606. The molecule has 0 spiro atoms. The van der Waals surface area contributed by atoms with E-state index in [2.05, 4.69) is 6.92 Å². The van der Waals surface area contributed by atoms with Crippen molar-refractivity contribution in [2.45, 2.75) is 39.7 Å². The van der Waals surface area contributed by atoms with Crippen molar-refractivity contribution in [2.75, 3.05) is 6.54 Å². The Kier molecular flexibility index (Phi) is 6.72. The molecule has 3 aromatic rings. The molecule has 0 radical (unpaired) electrons. The van der Waals surface area contributed by atoms with Crippen LogP contribution in [0, 0.1) is 5.82 Å². The van der Waals surface area contributed by atoms with Crippen LogP contribution in [-0.4, -0.2) is 27.2 Å². The molecule has 0 bridgehead atoms. The monoisotopic (exact) mass is 470 g/mol. The zero-order valence-electron chi connectivity index (χ0n) is 18.0. The van der Waals surface area contributed by atoms with Gasteiger partial charge in [0.2, 0.25) is 0 Å². The molecular weight excluding hydrogens is 447 g/mol. The van der Waals surface area contributed by atoms with Gasteiger partial charge in [-0.1, -0.05) is 56.1 Å². The largest absolute Gasteiger partial charge is 0.342 e. The van der Waals surface area contributed by atoms with Crippen LogP contribution in [0.4, 0.5) is 9.18 Å². The van der Waals surface area contributed by atoms with Crippen LogP contribution in [0.25, 0.3) is 17.0 Å². The number of hydrogen-bond acceptors (Lipinski definition) is 3. The van der Waals surface area contributed by atoms with Crippen molar-refractivity contribution in [1.82, 2.24) is 9.47 Å². The van der Waals surface area contributed by atoms with E-state index in [4.69, 9.17) is 11.6 Å². The highest BCUT2D eigenvalue weighted by Gasteiger charge is 2.34. The number of imide groups is 1. The third kappa shape index (κ3) is 4.21. The Morgan fingerprint density at radius 2 is 1.91 bits per heavy atom. The van der Waals surface area contributed by atoms with Gasteiger partial charge in [0.1, 0.15) is 5.82 Å². The van der Waals surface area contributed by atoms with E-state index in [1.54, 1.807) is 18.2 Å². The Morgan fingerprint density at radius 1 is 1.12 bits per heavy atom. The number of hydrogen-bond donors (Lipinski definition) is 0. The number of carbonyl (C=O) groups excluding carboxylic acids is 2. The fraction of sp³-hybridized carbons (Fsp3) is 0.280. The highest BCUT2D eigenvalue weighted by atomic mass is 35.5. The Bertz CT molecular complexity index is 1210. The molecule has 0 atom stereocenters. The maximum absolute atomic E-state index is 14.5. The van der Waals surface area contributed by atoms with Crippen molar-refractivity contribution >= 4 is 51.5 Å². The molecule has 2 amide bonds. The molecule has 1 saturated heterocycles. The molecule has 2 aromatic carbocycles. The molecular formula is C25H24ClFN2O2S. The standard InChI is InChI=1S/C25H24ClFN2O2S/c1-3-5-12-29-24(30)22(32-25(29)31)13-17-14-28(15-19-20(26)10-7-11-21(19)27)23-16(4-2)8-6-9-18(17)23/h6-11,13-14H,3-5,12,15H2,1-2H3/b22-13-. The number of fused-ring (bicyclic) bond motifs is 1. The summed E-state index contributed by atoms with van der Waals surface area (Å²) in [5, 5.41) is 1.10. The Hall–Kier alpha value is -2.57. The minimum atomic E-state index is -0.355. The van der Waals surface area contributed by atoms with Crippen LogP contribution >= 0.6 is 23.4 Å². The van der Waals surface area contributed by atoms with Crippen molar-refractivity contribution in [3.05, 3.63) is 75.0 Å². The lowest BCUT2D eigenvalue weighted by atomic mass is 10.1. The van der Waals surface area contributed by atoms with Gasteiger partial charge >= 0.3 is 0 Å². The van der Waals surface area contributed by atoms with Crippen molar-refractivity contribution in [1.29, 1.82) is 0 Å². The van der Waals surface area contributed by atoms with Gasteiger partial charge in [-0.25, -0.2) is 4.39 Å². The lowest BCUT2D eigenvalue weighted by Gasteiger charge is -2.11. The van der Waals surface area contributed by atoms with E-state index in [9.17, 15) is 14.0 Å². The molecule has 1 fully saturated rings. The predicted molar refractivity (Wildman–Crippen MR) is 129 cm³/mol. The normalized spacial score (nSPS) is 15.5. The van der Waals surface area contributed by atoms with Crippen molar-refractivity contribution < 1.29 is 14.0 Å². The number of aryl methyl sites for hydroxylation is 1. The van der Waals surface area contributed by atoms with Gasteiger partial charge in [0.15, 0.2) is 0 Å². The minimum absolute atomic E-state index is 0.231. The summed E-state index contributed by atoms with van der Waals surface area (Å²) in [6, 6.07) is 10.7. The summed E-state index contributed by atoms with van der Waals surface area (Å²) in [4.78, 5) is 26.9. The maximum atomic E-state index is 14.5. The van der Waals surface area contributed by atoms with E-state index in [0.29, 0.717) is 22.0 Å². The number of amides is 2. The molecule has 4 nitrogen and oxygen atoms in total. The summed E-state index contributed by atoms with van der Waals surface area (Å²) >= 11 is 7.26. The molecule has 1 aromatic heterocycles. The van der Waals surface area contributed by atoms with E-state index >= 15 is 0 Å². The van der Waals surface area contributed by atoms with Crippen LogP contribution in [0.1, 0.15) is 43.4 Å². The summed E-state index contributed by atoms with van der Waals surface area (Å²) in [5.41, 5.74) is 3.34. The number of rotatable bonds is 7. The summed E-state index contributed by atoms with van der Waals surface area (Å²) in [6.07, 6.45) is 6.19. The maximum Gasteiger partial charge on any atom is 0.293 e. The van der Waals surface area contributed by atoms with E-state index in [0.717, 1.165) is 53.1 Å². The Morgan fingerprint density at radius 3 is 2.62 bits per heavy atom. The second-order valence-electron chi connectivity index (χ2n) is 7.77. The van der Waals surface area contributed by atoms with Crippen LogP contribution in [0.15, 0.2) is 47.5 Å². The van der Waals surface area contributed by atoms with Crippen molar-refractivity contribution in [2.24, 2.45) is 0 Å². The molecule has 1 aliphatic rings. The molecule has 0 saturated carbocycles.